The van der Waals surface area contributed by atoms with Gasteiger partial charge in [0.15, 0.2) is 12.4 Å². The van der Waals surface area contributed by atoms with Crippen molar-refractivity contribution in [3.63, 3.8) is 0 Å². The topological polar surface area (TPSA) is 53.5 Å². The first-order valence-corrected chi connectivity index (χ1v) is 5.82. The molecule has 0 N–H and O–H groups in total. The van der Waals surface area contributed by atoms with E-state index in [1.807, 2.05) is 6.26 Å². The van der Waals surface area contributed by atoms with Crippen LogP contribution in [-0.4, -0.2) is 29.0 Å². The van der Waals surface area contributed by atoms with E-state index in [-0.39, 0.29) is 6.79 Å². The van der Waals surface area contributed by atoms with E-state index >= 15 is 0 Å². The Kier molecular flexibility index (Phi) is 3.10. The molecule has 1 aliphatic rings. The molecule has 0 atom stereocenters. The zero-order valence-corrected chi connectivity index (χ0v) is 9.06. The molecule has 2 rings (SSSR count). The minimum Gasteiger partial charge on any atom is -0.461 e. The van der Waals surface area contributed by atoms with Crippen molar-refractivity contribution in [2.24, 2.45) is 0 Å². The molecule has 2 heterocycles. The summed E-state index contributed by atoms with van der Waals surface area (Å²) >= 11 is 2.72. The van der Waals surface area contributed by atoms with Crippen LogP contribution in [0.3, 0.4) is 0 Å². The van der Waals surface area contributed by atoms with Crippen molar-refractivity contribution in [1.82, 2.24) is 9.36 Å². The van der Waals surface area contributed by atoms with Gasteiger partial charge in [-0.2, -0.15) is 9.36 Å². The summed E-state index contributed by atoms with van der Waals surface area (Å²) in [6, 6.07) is 0. The first-order valence-electron chi connectivity index (χ1n) is 3.82. The zero-order valence-electron chi connectivity index (χ0n) is 7.43. The van der Waals surface area contributed by atoms with Crippen LogP contribution in [0.15, 0.2) is 17.2 Å². The normalized spacial score (nSPS) is 14.5. The molecule has 0 saturated heterocycles. The fourth-order valence-corrected chi connectivity index (χ4v) is 1.90. The Morgan fingerprint density at radius 1 is 1.71 bits per heavy atom. The van der Waals surface area contributed by atoms with Crippen molar-refractivity contribution in [2.75, 3.05) is 19.7 Å². The summed E-state index contributed by atoms with van der Waals surface area (Å²) in [5.74, 6) is 0.672. The Morgan fingerprint density at radius 2 is 2.64 bits per heavy atom. The maximum absolute atomic E-state index is 5.33. The molecule has 0 aliphatic carbocycles. The van der Waals surface area contributed by atoms with E-state index in [2.05, 4.69) is 9.36 Å². The maximum Gasteiger partial charge on any atom is 0.294 e. The molecule has 0 saturated carbocycles. The van der Waals surface area contributed by atoms with Gasteiger partial charge in [-0.1, -0.05) is 11.8 Å². The Bertz CT molecular complexity index is 339. The standard InChI is InChI=1S/C7H8N2O3S2/c1-13-6-8-7(14-9-6)11-3-5-2-10-4-12-5/h2H,3-4H2,1H3. The van der Waals surface area contributed by atoms with Gasteiger partial charge >= 0.3 is 0 Å². The van der Waals surface area contributed by atoms with Gasteiger partial charge in [0.2, 0.25) is 11.9 Å². The Balaban J connectivity index is 1.85. The first kappa shape index (κ1) is 9.60. The molecule has 76 valence electrons. The minimum atomic E-state index is 0.269. The average Bonchev–Trinajstić information content (AvgIpc) is 2.86. The van der Waals surface area contributed by atoms with Crippen LogP contribution in [0.2, 0.25) is 0 Å². The van der Waals surface area contributed by atoms with Crippen LogP contribution in [-0.2, 0) is 9.47 Å². The van der Waals surface area contributed by atoms with E-state index in [9.17, 15) is 0 Å². The summed E-state index contributed by atoms with van der Waals surface area (Å²) in [5.41, 5.74) is 0. The van der Waals surface area contributed by atoms with Crippen LogP contribution < -0.4 is 4.74 Å². The number of aromatic nitrogens is 2. The molecule has 1 aromatic rings. The molecule has 5 nitrogen and oxygen atoms in total. The largest absolute Gasteiger partial charge is 0.461 e. The molecule has 0 unspecified atom stereocenters. The van der Waals surface area contributed by atoms with Gasteiger partial charge in [-0.05, 0) is 6.26 Å². The van der Waals surface area contributed by atoms with Crippen LogP contribution >= 0.6 is 23.3 Å². The Morgan fingerprint density at radius 3 is 3.29 bits per heavy atom. The third kappa shape index (κ3) is 2.30. The molecule has 1 aromatic heterocycles. The van der Waals surface area contributed by atoms with E-state index in [4.69, 9.17) is 14.2 Å². The maximum atomic E-state index is 5.33. The van der Waals surface area contributed by atoms with Crippen molar-refractivity contribution in [2.45, 2.75) is 5.16 Å². The molecule has 0 radical (unpaired) electrons. The highest BCUT2D eigenvalue weighted by molar-refractivity contribution is 7.98. The second kappa shape index (κ2) is 4.52. The van der Waals surface area contributed by atoms with Crippen molar-refractivity contribution in [3.8, 4) is 5.19 Å². The zero-order chi connectivity index (χ0) is 9.80. The molecule has 14 heavy (non-hydrogen) atoms. The lowest BCUT2D eigenvalue weighted by Crippen LogP contribution is -2.01. The van der Waals surface area contributed by atoms with Gasteiger partial charge in [0.1, 0.15) is 6.26 Å². The van der Waals surface area contributed by atoms with E-state index in [0.29, 0.717) is 17.6 Å². The van der Waals surface area contributed by atoms with Crippen LogP contribution in [0.5, 0.6) is 5.19 Å². The number of ether oxygens (including phenoxy) is 3. The van der Waals surface area contributed by atoms with Gasteiger partial charge < -0.3 is 14.2 Å². The first-order chi connectivity index (χ1) is 6.88. The lowest BCUT2D eigenvalue weighted by molar-refractivity contribution is 0.0712. The highest BCUT2D eigenvalue weighted by Gasteiger charge is 2.09. The summed E-state index contributed by atoms with van der Waals surface area (Å²) in [5, 5.41) is 1.27. The number of hydrogen-bond donors (Lipinski definition) is 0. The van der Waals surface area contributed by atoms with Gasteiger partial charge in [0.05, 0.1) is 0 Å². The Hall–Kier alpha value is -0.950. The molecule has 1 aliphatic heterocycles. The highest BCUT2D eigenvalue weighted by atomic mass is 32.2. The lowest BCUT2D eigenvalue weighted by Gasteiger charge is -2.00. The summed E-state index contributed by atoms with van der Waals surface area (Å²) in [4.78, 5) is 4.11. The Labute approximate surface area is 89.2 Å². The summed E-state index contributed by atoms with van der Waals surface area (Å²) < 4.78 is 19.3. The molecule has 0 fully saturated rings. The van der Waals surface area contributed by atoms with Gasteiger partial charge in [-0.3, -0.25) is 0 Å². The van der Waals surface area contributed by atoms with E-state index in [1.54, 1.807) is 0 Å². The summed E-state index contributed by atoms with van der Waals surface area (Å²) in [6.45, 7) is 0.605. The van der Waals surface area contributed by atoms with E-state index in [0.717, 1.165) is 5.16 Å². The van der Waals surface area contributed by atoms with Crippen molar-refractivity contribution in [3.05, 3.63) is 12.0 Å². The molecular formula is C7H8N2O3S2. The van der Waals surface area contributed by atoms with Crippen LogP contribution in [0.25, 0.3) is 0 Å². The predicted octanol–water partition coefficient (Wildman–Crippen LogP) is 1.48. The van der Waals surface area contributed by atoms with Gasteiger partial charge in [0, 0.05) is 11.5 Å². The van der Waals surface area contributed by atoms with Crippen LogP contribution in [0, 0.1) is 0 Å². The number of rotatable bonds is 4. The second-order valence-corrected chi connectivity index (χ2v) is 3.84. The van der Waals surface area contributed by atoms with E-state index < -0.39 is 0 Å². The number of nitrogens with zero attached hydrogens (tertiary/aromatic N) is 2. The smallest absolute Gasteiger partial charge is 0.294 e. The summed E-state index contributed by atoms with van der Waals surface area (Å²) in [7, 11) is 0. The highest BCUT2D eigenvalue weighted by Crippen LogP contribution is 2.20. The van der Waals surface area contributed by atoms with Crippen molar-refractivity contribution in [1.29, 1.82) is 0 Å². The molecule has 0 amide bonds. The third-order valence-corrected chi connectivity index (χ3v) is 2.73. The van der Waals surface area contributed by atoms with Crippen molar-refractivity contribution < 1.29 is 14.2 Å². The molecule has 7 heteroatoms. The van der Waals surface area contributed by atoms with Gasteiger partial charge in [-0.15, -0.1) is 0 Å². The number of thioether (sulfide) groups is 1. The average molecular weight is 232 g/mol. The quantitative estimate of drug-likeness (QED) is 0.733. The number of hydrogen-bond acceptors (Lipinski definition) is 7. The van der Waals surface area contributed by atoms with Crippen molar-refractivity contribution >= 4 is 23.3 Å². The predicted molar refractivity (Wildman–Crippen MR) is 52.3 cm³/mol. The third-order valence-electron chi connectivity index (χ3n) is 1.44. The SMILES string of the molecule is CSc1nsc(OCC2=COCO2)n1. The fraction of sp³-hybridized carbons (Fsp3) is 0.429. The van der Waals surface area contributed by atoms with E-state index in [1.165, 1.54) is 29.6 Å². The summed E-state index contributed by atoms with van der Waals surface area (Å²) in [6.07, 6.45) is 3.46. The molecule has 0 bridgehead atoms. The monoisotopic (exact) mass is 232 g/mol. The second-order valence-electron chi connectivity index (χ2n) is 2.35. The minimum absolute atomic E-state index is 0.269. The molecule has 0 spiro atoms. The fourth-order valence-electron chi connectivity index (χ4n) is 0.818. The lowest BCUT2D eigenvalue weighted by atomic mass is 10.6. The molecule has 0 aromatic carbocycles. The van der Waals surface area contributed by atoms with Crippen LogP contribution in [0.4, 0.5) is 0 Å². The van der Waals surface area contributed by atoms with Gasteiger partial charge in [-0.25, -0.2) is 0 Å². The van der Waals surface area contributed by atoms with Gasteiger partial charge in [0.25, 0.3) is 5.19 Å². The molecular weight excluding hydrogens is 224 g/mol. The van der Waals surface area contributed by atoms with Crippen LogP contribution in [0.1, 0.15) is 0 Å².